The third-order valence-corrected chi connectivity index (χ3v) is 6.45. The molecule has 39 heavy (non-hydrogen) atoms. The van der Waals surface area contributed by atoms with Gasteiger partial charge in [-0.1, -0.05) is 29.8 Å². The van der Waals surface area contributed by atoms with Gasteiger partial charge in [-0.2, -0.15) is 0 Å². The van der Waals surface area contributed by atoms with E-state index in [0.717, 1.165) is 0 Å². The number of carbonyl (C=O) groups is 2. The van der Waals surface area contributed by atoms with E-state index >= 15 is 0 Å². The Morgan fingerprint density at radius 3 is 2.36 bits per heavy atom. The highest BCUT2D eigenvalue weighted by molar-refractivity contribution is 6.31. The van der Waals surface area contributed by atoms with E-state index in [-0.39, 0.29) is 44.1 Å². The predicted molar refractivity (Wildman–Crippen MR) is 141 cm³/mol. The summed E-state index contributed by atoms with van der Waals surface area (Å²) in [5.41, 5.74) is 1.71. The van der Waals surface area contributed by atoms with Gasteiger partial charge in [-0.3, -0.25) is 0 Å². The second-order valence-electron chi connectivity index (χ2n) is 8.78. The summed E-state index contributed by atoms with van der Waals surface area (Å²) in [4.78, 5) is 25.9. The lowest BCUT2D eigenvalue weighted by Crippen LogP contribution is -2.49. The maximum Gasteiger partial charge on any atom is 0.336 e. The first-order valence-electron chi connectivity index (χ1n) is 12.4. The van der Waals surface area contributed by atoms with Crippen molar-refractivity contribution in [2.45, 2.75) is 44.2 Å². The molecule has 1 aliphatic rings. The normalized spacial score (nSPS) is 18.7. The largest absolute Gasteiger partial charge is 0.466 e. The van der Waals surface area contributed by atoms with Gasteiger partial charge >= 0.3 is 11.9 Å². The average molecular weight is 573 g/mol. The molecule has 1 aromatic rings. The smallest absolute Gasteiger partial charge is 0.336 e. The zero-order valence-corrected chi connectivity index (χ0v) is 22.8. The summed E-state index contributed by atoms with van der Waals surface area (Å²) in [6.45, 7) is 2.83. The quantitative estimate of drug-likeness (QED) is 0.104. The Balaban J connectivity index is 2.17. The Morgan fingerprint density at radius 2 is 1.74 bits per heavy atom. The number of esters is 2. The van der Waals surface area contributed by atoms with E-state index in [1.807, 2.05) is 0 Å². The van der Waals surface area contributed by atoms with Crippen molar-refractivity contribution >= 4 is 23.5 Å². The van der Waals surface area contributed by atoms with Crippen LogP contribution in [0, 0.1) is 0 Å². The number of hydrogen-bond acceptors (Lipinski definition) is 12. The summed E-state index contributed by atoms with van der Waals surface area (Å²) in [7, 11) is 1.25. The van der Waals surface area contributed by atoms with E-state index < -0.39 is 48.9 Å². The Hall–Kier alpha value is -2.55. The highest BCUT2D eigenvalue weighted by Gasteiger charge is 2.39. The molecule has 0 fully saturated rings. The summed E-state index contributed by atoms with van der Waals surface area (Å²) in [5, 5.41) is 54.1. The minimum atomic E-state index is -1.72. The zero-order chi connectivity index (χ0) is 29.1. The average Bonchev–Trinajstić information content (AvgIpc) is 2.92. The maximum absolute atomic E-state index is 13.2. The summed E-state index contributed by atoms with van der Waals surface area (Å²) in [5.74, 6) is -2.16. The van der Waals surface area contributed by atoms with Gasteiger partial charge in [0.15, 0.2) is 0 Å². The first-order chi connectivity index (χ1) is 18.6. The maximum atomic E-state index is 13.2. The molecule has 1 heterocycles. The van der Waals surface area contributed by atoms with Crippen LogP contribution in [0.1, 0.15) is 25.3 Å². The fourth-order valence-electron chi connectivity index (χ4n) is 4.11. The number of allylic oxidation sites excluding steroid dienone is 1. The summed E-state index contributed by atoms with van der Waals surface area (Å²) in [6, 6.07) is 6.85. The topological polar surface area (TPSA) is 187 Å². The predicted octanol–water partition coefficient (Wildman–Crippen LogP) is -0.667. The summed E-state index contributed by atoms with van der Waals surface area (Å²) >= 11 is 6.48. The first-order valence-corrected chi connectivity index (χ1v) is 12.8. The molecule has 218 valence electrons. The molecule has 0 aliphatic carbocycles. The van der Waals surface area contributed by atoms with Crippen LogP contribution in [0.3, 0.4) is 0 Å². The number of carbonyl (C=O) groups excluding carboxylic acids is 2. The molecule has 0 unspecified atom stereocenters. The van der Waals surface area contributed by atoms with Crippen molar-refractivity contribution in [3.05, 3.63) is 57.4 Å². The highest BCUT2D eigenvalue weighted by Crippen LogP contribution is 2.41. The third-order valence-electron chi connectivity index (χ3n) is 6.11. The van der Waals surface area contributed by atoms with Crippen molar-refractivity contribution in [2.75, 3.05) is 46.6 Å². The minimum absolute atomic E-state index is 0.0604. The van der Waals surface area contributed by atoms with E-state index in [1.54, 1.807) is 38.1 Å². The lowest BCUT2D eigenvalue weighted by atomic mass is 9.80. The molecule has 0 saturated carbocycles. The van der Waals surface area contributed by atoms with E-state index in [0.29, 0.717) is 22.0 Å². The van der Waals surface area contributed by atoms with Gasteiger partial charge in [-0.05, 0) is 25.5 Å². The number of hydrogen-bond donors (Lipinski definition) is 7. The standard InChI is InChI=1S/C26H37ClN2O10/c1-4-39-26(36)22-17(13-38-10-9-28-11-18(31)23(33)24(34)19(32)12-30)29-14(2)20(25(35)37-3)21(22)15-7-5-6-8-16(15)27/h5-8,18-19,21,23-24,28-34H,4,9-13H2,1-3H3/t18-,19+,21-,23+,24+/m1/s1. The molecule has 5 atom stereocenters. The second kappa shape index (κ2) is 15.9. The molecule has 2 rings (SSSR count). The Morgan fingerprint density at radius 1 is 1.08 bits per heavy atom. The van der Waals surface area contributed by atoms with Gasteiger partial charge in [-0.25, -0.2) is 9.59 Å². The number of methoxy groups -OCH3 is 1. The van der Waals surface area contributed by atoms with Gasteiger partial charge in [-0.15, -0.1) is 0 Å². The van der Waals surface area contributed by atoms with Gasteiger partial charge in [0.1, 0.15) is 18.3 Å². The van der Waals surface area contributed by atoms with Crippen LogP contribution in [0.5, 0.6) is 0 Å². The van der Waals surface area contributed by atoms with E-state index in [1.165, 1.54) is 7.11 Å². The molecular weight excluding hydrogens is 536 g/mol. The number of nitrogens with one attached hydrogen (secondary N) is 2. The molecule has 12 nitrogen and oxygen atoms in total. The molecule has 0 saturated heterocycles. The Bertz CT molecular complexity index is 1050. The minimum Gasteiger partial charge on any atom is -0.466 e. The molecule has 0 bridgehead atoms. The number of halogens is 1. The fourth-order valence-corrected chi connectivity index (χ4v) is 4.36. The molecule has 13 heteroatoms. The van der Waals surface area contributed by atoms with Gasteiger partial charge in [0, 0.05) is 23.8 Å². The number of benzene rings is 1. The second-order valence-corrected chi connectivity index (χ2v) is 9.18. The number of ether oxygens (including phenoxy) is 3. The fraction of sp³-hybridized carbons (Fsp3) is 0.538. The van der Waals surface area contributed by atoms with Crippen LogP contribution in [0.25, 0.3) is 0 Å². The number of rotatable bonds is 15. The Kier molecular flexibility index (Phi) is 13.3. The van der Waals surface area contributed by atoms with Crippen LogP contribution in [-0.2, 0) is 23.8 Å². The zero-order valence-electron chi connectivity index (χ0n) is 22.1. The lowest BCUT2D eigenvalue weighted by Gasteiger charge is -2.31. The van der Waals surface area contributed by atoms with E-state index in [2.05, 4.69) is 10.6 Å². The van der Waals surface area contributed by atoms with E-state index in [9.17, 15) is 30.0 Å². The first kappa shape index (κ1) is 32.7. The molecule has 1 aliphatic heterocycles. The number of dihydropyridines is 1. The van der Waals surface area contributed by atoms with Crippen molar-refractivity contribution in [1.82, 2.24) is 10.6 Å². The molecule has 0 aromatic heterocycles. The van der Waals surface area contributed by atoms with Crippen LogP contribution >= 0.6 is 11.6 Å². The van der Waals surface area contributed by atoms with E-state index in [4.69, 9.17) is 30.9 Å². The van der Waals surface area contributed by atoms with Crippen LogP contribution in [0.4, 0.5) is 0 Å². The van der Waals surface area contributed by atoms with Gasteiger partial charge in [0.05, 0.1) is 62.4 Å². The molecule has 0 radical (unpaired) electrons. The van der Waals surface area contributed by atoms with Crippen molar-refractivity contribution in [1.29, 1.82) is 0 Å². The van der Waals surface area contributed by atoms with Gasteiger partial charge < -0.3 is 50.4 Å². The van der Waals surface area contributed by atoms with Crippen molar-refractivity contribution in [3.63, 3.8) is 0 Å². The molecule has 0 amide bonds. The van der Waals surface area contributed by atoms with Crippen LogP contribution in [0.15, 0.2) is 46.8 Å². The molecule has 1 aromatic carbocycles. The molecular formula is C26H37ClN2O10. The van der Waals surface area contributed by atoms with Crippen LogP contribution < -0.4 is 10.6 Å². The lowest BCUT2D eigenvalue weighted by molar-refractivity contribution is -0.139. The number of aliphatic hydroxyl groups excluding tert-OH is 5. The highest BCUT2D eigenvalue weighted by atomic mass is 35.5. The van der Waals surface area contributed by atoms with Gasteiger partial charge in [0.25, 0.3) is 0 Å². The molecule has 7 N–H and O–H groups in total. The van der Waals surface area contributed by atoms with Crippen molar-refractivity contribution in [2.24, 2.45) is 0 Å². The number of aliphatic hydroxyl groups is 5. The summed E-state index contributed by atoms with van der Waals surface area (Å²) < 4.78 is 16.0. The van der Waals surface area contributed by atoms with Crippen molar-refractivity contribution in [3.8, 4) is 0 Å². The van der Waals surface area contributed by atoms with Crippen LogP contribution in [-0.4, -0.2) is 109 Å². The SMILES string of the molecule is CCOC(=O)C1=C(COCCNC[C@@H](O)[C@H](O)[C@@H](O)[C@@H](O)CO)NC(C)=C(C(=O)OC)[C@H]1c1ccccc1Cl. The molecule has 0 spiro atoms. The third kappa shape index (κ3) is 8.47. The monoisotopic (exact) mass is 572 g/mol. The van der Waals surface area contributed by atoms with Crippen molar-refractivity contribution < 1.29 is 49.3 Å². The Labute approximate surface area is 231 Å². The van der Waals surface area contributed by atoms with Gasteiger partial charge in [0.2, 0.25) is 0 Å². The van der Waals surface area contributed by atoms with Crippen LogP contribution in [0.2, 0.25) is 5.02 Å². The summed E-state index contributed by atoms with van der Waals surface area (Å²) in [6.07, 6.45) is -6.40.